The van der Waals surface area contributed by atoms with Crippen LogP contribution < -0.4 is 5.73 Å². The number of allylic oxidation sites excluding steroid dienone is 2. The maximum Gasteiger partial charge on any atom is 0.0726 e. The number of fused-ring (bicyclic) bond motifs is 5. The van der Waals surface area contributed by atoms with Gasteiger partial charge < -0.3 is 5.73 Å². The maximum atomic E-state index is 6.50. The van der Waals surface area contributed by atoms with Crippen molar-refractivity contribution in [1.29, 1.82) is 0 Å². The largest absolute Gasteiger partial charge is 0.398 e. The monoisotopic (exact) mass is 300 g/mol. The van der Waals surface area contributed by atoms with E-state index in [4.69, 9.17) is 10.7 Å². The van der Waals surface area contributed by atoms with Crippen LogP contribution in [-0.4, -0.2) is 4.98 Å². The zero-order valence-electron chi connectivity index (χ0n) is 12.3. The van der Waals surface area contributed by atoms with Crippen LogP contribution in [0, 0.1) is 5.92 Å². The first-order valence-electron chi connectivity index (χ1n) is 7.62. The van der Waals surface area contributed by atoms with Crippen molar-refractivity contribution >= 4 is 29.0 Å². The second-order valence-electron chi connectivity index (χ2n) is 6.18. The molecule has 3 heteroatoms. The van der Waals surface area contributed by atoms with Crippen molar-refractivity contribution in [3.8, 4) is 0 Å². The van der Waals surface area contributed by atoms with Crippen molar-refractivity contribution in [2.75, 3.05) is 5.73 Å². The van der Waals surface area contributed by atoms with Crippen LogP contribution in [0.5, 0.6) is 0 Å². The lowest BCUT2D eigenvalue weighted by Crippen LogP contribution is -2.24. The predicted molar refractivity (Wildman–Crippen MR) is 90.9 cm³/mol. The highest BCUT2D eigenvalue weighted by Gasteiger charge is 2.33. The van der Waals surface area contributed by atoms with E-state index >= 15 is 0 Å². The normalized spacial score (nSPS) is 23.2. The quantitative estimate of drug-likeness (QED) is 0.780. The van der Waals surface area contributed by atoms with Gasteiger partial charge in [-0.2, -0.15) is 0 Å². The Morgan fingerprint density at radius 1 is 1.24 bits per heavy atom. The summed E-state index contributed by atoms with van der Waals surface area (Å²) in [6.07, 6.45) is 7.14. The first-order chi connectivity index (χ1) is 9.76. The third-order valence-corrected chi connectivity index (χ3v) is 4.94. The lowest BCUT2D eigenvalue weighted by molar-refractivity contribution is 0.429. The topological polar surface area (TPSA) is 38.9 Å². The minimum absolute atomic E-state index is 0. The number of pyridine rings is 1. The third-order valence-electron chi connectivity index (χ3n) is 4.94. The Labute approximate surface area is 131 Å². The maximum absolute atomic E-state index is 6.50. The number of hydrogen-bond acceptors (Lipinski definition) is 2. The van der Waals surface area contributed by atoms with Crippen LogP contribution in [0.1, 0.15) is 43.4 Å². The average Bonchev–Trinajstić information content (AvgIpc) is 2.46. The van der Waals surface area contributed by atoms with Gasteiger partial charge in [0.2, 0.25) is 0 Å². The Bertz CT molecular complexity index is 720. The number of hydrogen-bond donors (Lipinski definition) is 1. The molecule has 0 saturated heterocycles. The molecule has 4 rings (SSSR count). The molecule has 110 valence electrons. The lowest BCUT2D eigenvalue weighted by Gasteiger charge is -2.35. The van der Waals surface area contributed by atoms with Gasteiger partial charge in [-0.05, 0) is 43.6 Å². The standard InChI is InChI=1S/C18H20N2.ClH/c1-2-11-7-12-9-13(8-11)17-16(10-12)20-15-6-4-3-5-14(15)18(17)19;/h3-7,12-13H,2,8-10H2,1H3,(H2,19,20);1H. The number of rotatable bonds is 1. The van der Waals surface area contributed by atoms with E-state index in [1.807, 2.05) is 6.07 Å². The molecule has 2 atom stereocenters. The van der Waals surface area contributed by atoms with Gasteiger partial charge in [0.25, 0.3) is 0 Å². The van der Waals surface area contributed by atoms with Crippen LogP contribution in [0.2, 0.25) is 0 Å². The van der Waals surface area contributed by atoms with Crippen molar-refractivity contribution < 1.29 is 0 Å². The molecule has 1 aromatic carbocycles. The molecule has 2 aromatic rings. The van der Waals surface area contributed by atoms with Crippen LogP contribution in [0.3, 0.4) is 0 Å². The van der Waals surface area contributed by atoms with E-state index in [-0.39, 0.29) is 12.4 Å². The minimum Gasteiger partial charge on any atom is -0.398 e. The van der Waals surface area contributed by atoms with E-state index in [1.54, 1.807) is 5.57 Å². The summed E-state index contributed by atoms with van der Waals surface area (Å²) in [4.78, 5) is 4.90. The Morgan fingerprint density at radius 3 is 2.86 bits per heavy atom. The molecule has 0 saturated carbocycles. The molecular formula is C18H21ClN2. The molecule has 2 aliphatic carbocycles. The number of nitrogens with two attached hydrogens (primary N) is 1. The SMILES string of the molecule is CCC1=CC2Cc3nc4ccccc4c(N)c3C(C1)C2.Cl. The molecule has 1 heterocycles. The van der Waals surface area contributed by atoms with Crippen molar-refractivity contribution in [1.82, 2.24) is 4.98 Å². The molecule has 2 N–H and O–H groups in total. The average molecular weight is 301 g/mol. The number of para-hydroxylation sites is 1. The molecule has 2 aliphatic rings. The molecule has 0 amide bonds. The Balaban J connectivity index is 0.00000132. The summed E-state index contributed by atoms with van der Waals surface area (Å²) < 4.78 is 0. The molecule has 0 fully saturated rings. The second-order valence-corrected chi connectivity index (χ2v) is 6.18. The molecule has 21 heavy (non-hydrogen) atoms. The number of benzene rings is 1. The van der Waals surface area contributed by atoms with Crippen LogP contribution >= 0.6 is 12.4 Å². The summed E-state index contributed by atoms with van der Waals surface area (Å²) in [5.74, 6) is 1.25. The highest BCUT2D eigenvalue weighted by Crippen LogP contribution is 2.46. The summed E-state index contributed by atoms with van der Waals surface area (Å²) in [6.45, 7) is 2.26. The van der Waals surface area contributed by atoms with Crippen molar-refractivity contribution in [2.45, 2.75) is 38.5 Å². The smallest absolute Gasteiger partial charge is 0.0726 e. The molecule has 2 unspecified atom stereocenters. The predicted octanol–water partition coefficient (Wildman–Crippen LogP) is 4.62. The van der Waals surface area contributed by atoms with Crippen molar-refractivity contribution in [2.24, 2.45) is 5.92 Å². The van der Waals surface area contributed by atoms with E-state index in [0.29, 0.717) is 11.8 Å². The van der Waals surface area contributed by atoms with E-state index in [2.05, 4.69) is 31.2 Å². The van der Waals surface area contributed by atoms with Gasteiger partial charge in [-0.1, -0.05) is 36.8 Å². The first-order valence-corrected chi connectivity index (χ1v) is 7.62. The van der Waals surface area contributed by atoms with Gasteiger partial charge in [-0.3, -0.25) is 4.98 Å². The molecular weight excluding hydrogens is 280 g/mol. The van der Waals surface area contributed by atoms with Gasteiger partial charge in [0.1, 0.15) is 0 Å². The third kappa shape index (κ3) is 2.22. The van der Waals surface area contributed by atoms with Gasteiger partial charge in [0, 0.05) is 22.3 Å². The number of aromatic nitrogens is 1. The Morgan fingerprint density at radius 2 is 2.05 bits per heavy atom. The van der Waals surface area contributed by atoms with Gasteiger partial charge in [0.05, 0.1) is 5.52 Å². The van der Waals surface area contributed by atoms with Gasteiger partial charge in [0.15, 0.2) is 0 Å². The van der Waals surface area contributed by atoms with E-state index in [1.165, 1.54) is 30.5 Å². The number of anilines is 1. The summed E-state index contributed by atoms with van der Waals surface area (Å²) in [7, 11) is 0. The fourth-order valence-corrected chi connectivity index (χ4v) is 4.02. The van der Waals surface area contributed by atoms with Crippen LogP contribution in [0.15, 0.2) is 35.9 Å². The number of nitrogens with zero attached hydrogens (tertiary/aromatic N) is 1. The molecule has 0 spiro atoms. The molecule has 0 aliphatic heterocycles. The fraction of sp³-hybridized carbons (Fsp3) is 0.389. The van der Waals surface area contributed by atoms with Gasteiger partial charge >= 0.3 is 0 Å². The van der Waals surface area contributed by atoms with E-state index < -0.39 is 0 Å². The van der Waals surface area contributed by atoms with Gasteiger partial charge in [-0.25, -0.2) is 0 Å². The van der Waals surface area contributed by atoms with E-state index in [0.717, 1.165) is 23.0 Å². The van der Waals surface area contributed by atoms with Crippen LogP contribution in [0.25, 0.3) is 10.9 Å². The Hall–Kier alpha value is -1.54. The summed E-state index contributed by atoms with van der Waals surface area (Å²) >= 11 is 0. The highest BCUT2D eigenvalue weighted by molar-refractivity contribution is 5.92. The van der Waals surface area contributed by atoms with Crippen LogP contribution in [-0.2, 0) is 6.42 Å². The summed E-state index contributed by atoms with van der Waals surface area (Å²) in [5, 5.41) is 1.12. The molecule has 1 aromatic heterocycles. The molecule has 2 bridgehead atoms. The van der Waals surface area contributed by atoms with Crippen molar-refractivity contribution in [3.63, 3.8) is 0 Å². The zero-order valence-corrected chi connectivity index (χ0v) is 13.1. The minimum atomic E-state index is 0. The molecule has 2 nitrogen and oxygen atoms in total. The van der Waals surface area contributed by atoms with Crippen LogP contribution in [0.4, 0.5) is 5.69 Å². The van der Waals surface area contributed by atoms with Crippen molar-refractivity contribution in [3.05, 3.63) is 47.2 Å². The Kier molecular flexibility index (Phi) is 3.66. The van der Waals surface area contributed by atoms with E-state index in [9.17, 15) is 0 Å². The first kappa shape index (κ1) is 14.4. The van der Waals surface area contributed by atoms with Gasteiger partial charge in [-0.15, -0.1) is 12.4 Å². The number of halogens is 1. The highest BCUT2D eigenvalue weighted by atomic mass is 35.5. The zero-order chi connectivity index (χ0) is 13.7. The lowest BCUT2D eigenvalue weighted by atomic mass is 9.70. The summed E-state index contributed by atoms with van der Waals surface area (Å²) in [6, 6.07) is 8.27. The fourth-order valence-electron chi connectivity index (χ4n) is 4.02. The molecule has 0 radical (unpaired) electrons. The summed E-state index contributed by atoms with van der Waals surface area (Å²) in [5.41, 5.74) is 12.7. The number of nitrogen functional groups attached to an aromatic ring is 1. The second kappa shape index (κ2) is 5.34.